The molecule has 0 saturated heterocycles. The Bertz CT molecular complexity index is 1530. The summed E-state index contributed by atoms with van der Waals surface area (Å²) >= 11 is 0. The number of hydrogen-bond donors (Lipinski definition) is 1. The van der Waals surface area contributed by atoms with Gasteiger partial charge in [0, 0.05) is 31.5 Å². The Hall–Kier alpha value is -4.24. The van der Waals surface area contributed by atoms with Crippen LogP contribution in [-0.4, -0.2) is 48.4 Å². The summed E-state index contributed by atoms with van der Waals surface area (Å²) in [5.74, 6) is 0.0442. The van der Waals surface area contributed by atoms with Gasteiger partial charge >= 0.3 is 0 Å². The summed E-state index contributed by atoms with van der Waals surface area (Å²) in [6.45, 7) is 1.03. The number of hydrogen-bond acceptors (Lipinski definition) is 5. The molecule has 182 valence electrons. The fraction of sp³-hybridized carbons (Fsp3) is 0.148. The normalized spacial score (nSPS) is 13.6. The Morgan fingerprint density at radius 2 is 1.67 bits per heavy atom. The minimum absolute atomic E-state index is 0.0209. The van der Waals surface area contributed by atoms with Gasteiger partial charge in [-0.1, -0.05) is 60.7 Å². The van der Waals surface area contributed by atoms with E-state index in [2.05, 4.69) is 39.1 Å². The first-order chi connectivity index (χ1) is 17.4. The van der Waals surface area contributed by atoms with Crippen LogP contribution in [-0.2, 0) is 27.9 Å². The van der Waals surface area contributed by atoms with Gasteiger partial charge in [-0.05, 0) is 40.5 Å². The number of nitrogens with one attached hydrogen (secondary N) is 1. The van der Waals surface area contributed by atoms with Crippen LogP contribution < -0.4 is 5.32 Å². The minimum atomic E-state index is -3.74. The Morgan fingerprint density at radius 1 is 0.944 bits per heavy atom. The van der Waals surface area contributed by atoms with Crippen LogP contribution in [0.15, 0.2) is 101 Å². The van der Waals surface area contributed by atoms with Gasteiger partial charge in [0.25, 0.3) is 10.0 Å². The molecule has 0 radical (unpaired) electrons. The number of sulfonamides is 1. The summed E-state index contributed by atoms with van der Waals surface area (Å²) < 4.78 is 30.4. The maximum absolute atomic E-state index is 12.7. The van der Waals surface area contributed by atoms with Crippen LogP contribution >= 0.6 is 0 Å². The standard InChI is InChI=1S/C27H25N5O3S/c1-31(27-24-9-4-5-10-25(24)36(34,35)30-27)19-26(33)28-17-22-7-2-3-8-23(22)21-13-11-20(12-14-21)18-32-16-6-15-29-32/h2-16H,17-19H2,1H3,(H,28,33). The first-order valence-corrected chi connectivity index (χ1v) is 12.9. The SMILES string of the molecule is CN(CC(=O)NCc1ccccc1-c1ccc(Cn2cccn2)cc1)C1=NS(=O)(=O)c2ccccc21. The van der Waals surface area contributed by atoms with Crippen molar-refractivity contribution in [3.05, 3.63) is 108 Å². The zero-order chi connectivity index (χ0) is 25.1. The van der Waals surface area contributed by atoms with Crippen LogP contribution in [0.4, 0.5) is 0 Å². The Balaban J connectivity index is 1.24. The molecule has 1 amide bonds. The lowest BCUT2D eigenvalue weighted by molar-refractivity contribution is -0.121. The van der Waals surface area contributed by atoms with Gasteiger partial charge in [0.2, 0.25) is 5.91 Å². The topological polar surface area (TPSA) is 96.7 Å². The van der Waals surface area contributed by atoms with E-state index in [1.165, 1.54) is 6.07 Å². The van der Waals surface area contributed by atoms with Crippen molar-refractivity contribution in [2.75, 3.05) is 13.6 Å². The number of amides is 1. The molecule has 0 aliphatic carbocycles. The highest BCUT2D eigenvalue weighted by Gasteiger charge is 2.30. The van der Waals surface area contributed by atoms with Gasteiger partial charge in [-0.15, -0.1) is 4.40 Å². The highest BCUT2D eigenvalue weighted by molar-refractivity contribution is 7.90. The Labute approximate surface area is 210 Å². The molecule has 36 heavy (non-hydrogen) atoms. The van der Waals surface area contributed by atoms with E-state index in [0.717, 1.165) is 22.3 Å². The fourth-order valence-electron chi connectivity index (χ4n) is 4.23. The third kappa shape index (κ3) is 4.92. The zero-order valence-corrected chi connectivity index (χ0v) is 20.5. The number of fused-ring (bicyclic) bond motifs is 1. The molecule has 0 atom stereocenters. The number of carbonyl (C=O) groups is 1. The number of aromatic nitrogens is 2. The summed E-state index contributed by atoms with van der Waals surface area (Å²) in [6.07, 6.45) is 3.69. The van der Waals surface area contributed by atoms with Crippen molar-refractivity contribution >= 4 is 21.8 Å². The zero-order valence-electron chi connectivity index (χ0n) is 19.7. The van der Waals surface area contributed by atoms with Gasteiger partial charge in [0.1, 0.15) is 4.90 Å². The van der Waals surface area contributed by atoms with Crippen LogP contribution in [0, 0.1) is 0 Å². The predicted molar refractivity (Wildman–Crippen MR) is 138 cm³/mol. The van der Waals surface area contributed by atoms with E-state index in [1.54, 1.807) is 36.3 Å². The lowest BCUT2D eigenvalue weighted by Crippen LogP contribution is -2.38. The van der Waals surface area contributed by atoms with Gasteiger partial charge in [-0.2, -0.15) is 13.5 Å². The highest BCUT2D eigenvalue weighted by Crippen LogP contribution is 2.27. The molecule has 0 unspecified atom stereocenters. The molecular formula is C27H25N5O3S. The van der Waals surface area contributed by atoms with Gasteiger partial charge in [0.15, 0.2) is 5.84 Å². The third-order valence-corrected chi connectivity index (χ3v) is 7.34. The number of rotatable bonds is 7. The maximum Gasteiger partial charge on any atom is 0.285 e. The van der Waals surface area contributed by atoms with Crippen molar-refractivity contribution in [2.24, 2.45) is 4.40 Å². The second kappa shape index (κ2) is 9.79. The largest absolute Gasteiger partial charge is 0.350 e. The summed E-state index contributed by atoms with van der Waals surface area (Å²) in [5, 5.41) is 7.20. The average molecular weight is 500 g/mol. The minimum Gasteiger partial charge on any atom is -0.350 e. The van der Waals surface area contributed by atoms with E-state index in [0.29, 0.717) is 18.7 Å². The Morgan fingerprint density at radius 3 is 2.42 bits per heavy atom. The fourth-order valence-corrected chi connectivity index (χ4v) is 5.48. The first kappa shape index (κ1) is 23.5. The van der Waals surface area contributed by atoms with E-state index >= 15 is 0 Å². The van der Waals surface area contributed by atoms with E-state index in [4.69, 9.17) is 0 Å². The van der Waals surface area contributed by atoms with Crippen LogP contribution in [0.25, 0.3) is 11.1 Å². The molecule has 0 saturated carbocycles. The van der Waals surface area contributed by atoms with Crippen molar-refractivity contribution in [3.63, 3.8) is 0 Å². The summed E-state index contributed by atoms with van der Waals surface area (Å²) in [5.41, 5.74) is 4.74. The molecule has 0 spiro atoms. The highest BCUT2D eigenvalue weighted by atomic mass is 32.2. The second-order valence-corrected chi connectivity index (χ2v) is 10.1. The smallest absolute Gasteiger partial charge is 0.285 e. The van der Waals surface area contributed by atoms with E-state index in [-0.39, 0.29) is 23.2 Å². The maximum atomic E-state index is 12.7. The molecule has 5 rings (SSSR count). The van der Waals surface area contributed by atoms with E-state index in [9.17, 15) is 13.2 Å². The van der Waals surface area contributed by atoms with Crippen molar-refractivity contribution in [1.29, 1.82) is 0 Å². The molecule has 1 aliphatic heterocycles. The van der Waals surface area contributed by atoms with Gasteiger partial charge in [0.05, 0.1) is 13.1 Å². The Kier molecular flexibility index (Phi) is 6.39. The number of amidine groups is 1. The lowest BCUT2D eigenvalue weighted by Gasteiger charge is -2.19. The molecule has 0 fully saturated rings. The molecule has 1 aliphatic rings. The number of nitrogens with zero attached hydrogens (tertiary/aromatic N) is 4. The van der Waals surface area contributed by atoms with Crippen molar-refractivity contribution in [3.8, 4) is 11.1 Å². The monoisotopic (exact) mass is 499 g/mol. The molecule has 1 aromatic heterocycles. The molecule has 3 aromatic carbocycles. The first-order valence-electron chi connectivity index (χ1n) is 11.5. The number of likely N-dealkylation sites (N-methyl/N-ethyl adjacent to an activating group) is 1. The predicted octanol–water partition coefficient (Wildman–Crippen LogP) is 3.30. The van der Waals surface area contributed by atoms with Gasteiger partial charge in [-0.25, -0.2) is 0 Å². The van der Waals surface area contributed by atoms with Gasteiger partial charge in [-0.3, -0.25) is 9.48 Å². The van der Waals surface area contributed by atoms with Crippen molar-refractivity contribution < 1.29 is 13.2 Å². The third-order valence-electron chi connectivity index (χ3n) is 6.02. The van der Waals surface area contributed by atoms with Crippen LogP contribution in [0.3, 0.4) is 0 Å². The van der Waals surface area contributed by atoms with E-state index in [1.807, 2.05) is 41.2 Å². The van der Waals surface area contributed by atoms with Crippen LogP contribution in [0.5, 0.6) is 0 Å². The molecule has 9 heteroatoms. The number of carbonyl (C=O) groups excluding carboxylic acids is 1. The van der Waals surface area contributed by atoms with Crippen LogP contribution in [0.2, 0.25) is 0 Å². The summed E-state index contributed by atoms with van der Waals surface area (Å²) in [7, 11) is -2.07. The summed E-state index contributed by atoms with van der Waals surface area (Å²) in [4.78, 5) is 14.5. The van der Waals surface area contributed by atoms with Crippen molar-refractivity contribution in [1.82, 2.24) is 20.0 Å². The van der Waals surface area contributed by atoms with Crippen molar-refractivity contribution in [2.45, 2.75) is 18.0 Å². The molecule has 1 N–H and O–H groups in total. The quantitative estimate of drug-likeness (QED) is 0.421. The molecule has 4 aromatic rings. The number of benzene rings is 3. The molecule has 0 bridgehead atoms. The van der Waals surface area contributed by atoms with Crippen LogP contribution in [0.1, 0.15) is 16.7 Å². The van der Waals surface area contributed by atoms with Gasteiger partial charge < -0.3 is 10.2 Å². The molecule has 2 heterocycles. The average Bonchev–Trinajstić information content (AvgIpc) is 3.49. The summed E-state index contributed by atoms with van der Waals surface area (Å²) in [6, 6.07) is 24.8. The van der Waals surface area contributed by atoms with E-state index < -0.39 is 10.0 Å². The second-order valence-electron chi connectivity index (χ2n) is 8.58. The lowest BCUT2D eigenvalue weighted by atomic mass is 9.98. The molecular weight excluding hydrogens is 474 g/mol. The molecule has 8 nitrogen and oxygen atoms in total.